The maximum Gasteiger partial charge on any atom is 0.240 e. The third-order valence-electron chi connectivity index (χ3n) is 3.26. The zero-order valence-electron chi connectivity index (χ0n) is 14.0. The summed E-state index contributed by atoms with van der Waals surface area (Å²) in [5.41, 5.74) is 1.18. The van der Waals surface area contributed by atoms with E-state index in [0.717, 1.165) is 4.47 Å². The van der Waals surface area contributed by atoms with Crippen LogP contribution >= 0.6 is 15.9 Å². The summed E-state index contributed by atoms with van der Waals surface area (Å²) in [4.78, 5) is 23.0. The van der Waals surface area contributed by atoms with Crippen LogP contribution in [0.15, 0.2) is 57.9 Å². The monoisotopic (exact) mass is 439 g/mol. The van der Waals surface area contributed by atoms with Crippen LogP contribution in [0.1, 0.15) is 13.3 Å². The molecule has 2 aromatic rings. The maximum absolute atomic E-state index is 12.1. The summed E-state index contributed by atoms with van der Waals surface area (Å²) in [6.07, 6.45) is -0.0107. The summed E-state index contributed by atoms with van der Waals surface area (Å²) in [6.45, 7) is 1.39. The van der Waals surface area contributed by atoms with Gasteiger partial charge in [-0.25, -0.2) is 13.1 Å². The number of amides is 2. The molecule has 0 aliphatic heterocycles. The molecule has 7 nitrogen and oxygen atoms in total. The van der Waals surface area contributed by atoms with E-state index in [1.165, 1.54) is 19.1 Å². The van der Waals surface area contributed by atoms with Gasteiger partial charge in [-0.1, -0.05) is 15.9 Å². The Labute approximate surface area is 160 Å². The van der Waals surface area contributed by atoms with Gasteiger partial charge in [0.25, 0.3) is 0 Å². The van der Waals surface area contributed by atoms with Crippen molar-refractivity contribution in [2.24, 2.45) is 0 Å². The quantitative estimate of drug-likeness (QED) is 0.616. The third kappa shape index (κ3) is 6.25. The molecule has 0 aliphatic rings. The lowest BCUT2D eigenvalue weighted by molar-refractivity contribution is -0.116. The number of anilines is 2. The number of nitrogens with one attached hydrogen (secondary N) is 3. The first-order valence-corrected chi connectivity index (χ1v) is 9.96. The van der Waals surface area contributed by atoms with Gasteiger partial charge in [-0.3, -0.25) is 9.59 Å². The van der Waals surface area contributed by atoms with E-state index in [4.69, 9.17) is 0 Å². The Kier molecular flexibility index (Phi) is 6.90. The molecule has 0 aromatic heterocycles. The fraction of sp³-hybridized carbons (Fsp3) is 0.176. The van der Waals surface area contributed by atoms with Crippen molar-refractivity contribution in [1.29, 1.82) is 0 Å². The average molecular weight is 440 g/mol. The summed E-state index contributed by atoms with van der Waals surface area (Å²) in [6, 6.07) is 12.8. The molecule has 26 heavy (non-hydrogen) atoms. The van der Waals surface area contributed by atoms with Gasteiger partial charge in [-0.15, -0.1) is 0 Å². The van der Waals surface area contributed by atoms with Crippen LogP contribution < -0.4 is 15.4 Å². The number of carbonyl (C=O) groups is 2. The van der Waals surface area contributed by atoms with Crippen LogP contribution in [0.4, 0.5) is 11.4 Å². The van der Waals surface area contributed by atoms with Gasteiger partial charge in [0.1, 0.15) is 0 Å². The molecule has 0 unspecified atom stereocenters. The predicted molar refractivity (Wildman–Crippen MR) is 103 cm³/mol. The van der Waals surface area contributed by atoms with Gasteiger partial charge in [-0.2, -0.15) is 0 Å². The number of sulfonamides is 1. The van der Waals surface area contributed by atoms with Crippen molar-refractivity contribution in [3.63, 3.8) is 0 Å². The first-order valence-electron chi connectivity index (χ1n) is 7.69. The molecular formula is C17H18BrN3O4S. The summed E-state index contributed by atoms with van der Waals surface area (Å²) >= 11 is 3.24. The second kappa shape index (κ2) is 8.93. The minimum absolute atomic E-state index is 0.0107. The first-order chi connectivity index (χ1) is 12.3. The molecule has 0 bridgehead atoms. The summed E-state index contributed by atoms with van der Waals surface area (Å²) in [5, 5.41) is 5.29. The normalized spacial score (nSPS) is 11.0. The van der Waals surface area contributed by atoms with Crippen LogP contribution in [-0.4, -0.2) is 26.8 Å². The topological polar surface area (TPSA) is 104 Å². The largest absolute Gasteiger partial charge is 0.326 e. The van der Waals surface area contributed by atoms with Gasteiger partial charge in [0.15, 0.2) is 0 Å². The zero-order chi connectivity index (χ0) is 19.2. The van der Waals surface area contributed by atoms with Crippen LogP contribution in [0, 0.1) is 0 Å². The van der Waals surface area contributed by atoms with Crippen molar-refractivity contribution in [2.45, 2.75) is 18.2 Å². The molecule has 0 atom stereocenters. The molecule has 0 saturated carbocycles. The maximum atomic E-state index is 12.1. The molecule has 138 valence electrons. The van der Waals surface area contributed by atoms with E-state index in [1.807, 2.05) is 0 Å². The molecule has 0 spiro atoms. The molecule has 2 amide bonds. The molecule has 9 heteroatoms. The second-order valence-corrected chi connectivity index (χ2v) is 8.09. The number of carbonyl (C=O) groups excluding carboxylic acids is 2. The molecule has 0 radical (unpaired) electrons. The molecule has 0 heterocycles. The lowest BCUT2D eigenvalue weighted by Crippen LogP contribution is -2.27. The Morgan fingerprint density at radius 2 is 1.46 bits per heavy atom. The first kappa shape index (κ1) is 20.1. The van der Waals surface area contributed by atoms with Gasteiger partial charge >= 0.3 is 0 Å². The number of rotatable bonds is 7. The summed E-state index contributed by atoms with van der Waals surface area (Å²) < 4.78 is 27.4. The van der Waals surface area contributed by atoms with Crippen LogP contribution in [-0.2, 0) is 19.6 Å². The van der Waals surface area contributed by atoms with Crippen molar-refractivity contribution in [2.75, 3.05) is 17.2 Å². The van der Waals surface area contributed by atoms with E-state index >= 15 is 0 Å². The Bertz CT molecular complexity index is 881. The van der Waals surface area contributed by atoms with E-state index in [-0.39, 0.29) is 29.7 Å². The summed E-state index contributed by atoms with van der Waals surface area (Å²) in [7, 11) is -3.65. The van der Waals surface area contributed by atoms with Crippen molar-refractivity contribution in [3.05, 3.63) is 53.0 Å². The zero-order valence-corrected chi connectivity index (χ0v) is 16.4. The molecule has 2 rings (SSSR count). The smallest absolute Gasteiger partial charge is 0.240 e. The molecular weight excluding hydrogens is 422 g/mol. The average Bonchev–Trinajstić information content (AvgIpc) is 2.56. The van der Waals surface area contributed by atoms with E-state index in [1.54, 1.807) is 36.4 Å². The van der Waals surface area contributed by atoms with Gasteiger partial charge in [0.05, 0.1) is 4.90 Å². The molecule has 0 fully saturated rings. The summed E-state index contributed by atoms with van der Waals surface area (Å²) in [5.74, 6) is -0.504. The van der Waals surface area contributed by atoms with Crippen molar-refractivity contribution >= 4 is 49.1 Å². The van der Waals surface area contributed by atoms with Gasteiger partial charge in [0, 0.05) is 35.7 Å². The Balaban J connectivity index is 1.83. The SMILES string of the molecule is CC(=O)Nc1ccc(NC(=O)CCNS(=O)(=O)c2ccc(Br)cc2)cc1. The van der Waals surface area contributed by atoms with Crippen LogP contribution in [0.3, 0.4) is 0 Å². The fourth-order valence-electron chi connectivity index (χ4n) is 2.06. The minimum Gasteiger partial charge on any atom is -0.326 e. The highest BCUT2D eigenvalue weighted by atomic mass is 79.9. The minimum atomic E-state index is -3.65. The van der Waals surface area contributed by atoms with E-state index < -0.39 is 10.0 Å². The van der Waals surface area contributed by atoms with Gasteiger partial charge < -0.3 is 10.6 Å². The van der Waals surface area contributed by atoms with Crippen LogP contribution in [0.25, 0.3) is 0 Å². The lowest BCUT2D eigenvalue weighted by atomic mass is 10.2. The van der Waals surface area contributed by atoms with Gasteiger partial charge in [0.2, 0.25) is 21.8 Å². The second-order valence-electron chi connectivity index (χ2n) is 5.41. The Hall–Kier alpha value is -2.23. The predicted octanol–water partition coefficient (Wildman–Crippen LogP) is 2.71. The van der Waals surface area contributed by atoms with E-state index in [9.17, 15) is 18.0 Å². The van der Waals surface area contributed by atoms with Crippen LogP contribution in [0.2, 0.25) is 0 Å². The number of hydrogen-bond donors (Lipinski definition) is 3. The van der Waals surface area contributed by atoms with Gasteiger partial charge in [-0.05, 0) is 48.5 Å². The standard InChI is InChI=1S/C17H18BrN3O4S/c1-12(22)20-14-4-6-15(7-5-14)21-17(23)10-11-19-26(24,25)16-8-2-13(18)3-9-16/h2-9,19H,10-11H2,1H3,(H,20,22)(H,21,23). The fourth-order valence-corrected chi connectivity index (χ4v) is 3.36. The molecule has 2 aromatic carbocycles. The number of hydrogen-bond acceptors (Lipinski definition) is 4. The molecule has 0 saturated heterocycles. The van der Waals surface area contributed by atoms with E-state index in [0.29, 0.717) is 11.4 Å². The third-order valence-corrected chi connectivity index (χ3v) is 5.26. The highest BCUT2D eigenvalue weighted by Gasteiger charge is 2.14. The molecule has 3 N–H and O–H groups in total. The number of benzene rings is 2. The highest BCUT2D eigenvalue weighted by Crippen LogP contribution is 2.15. The van der Waals surface area contributed by atoms with Crippen molar-refractivity contribution in [3.8, 4) is 0 Å². The Morgan fingerprint density at radius 3 is 2.00 bits per heavy atom. The van der Waals surface area contributed by atoms with Crippen molar-refractivity contribution in [1.82, 2.24) is 4.72 Å². The van der Waals surface area contributed by atoms with E-state index in [2.05, 4.69) is 31.3 Å². The molecule has 0 aliphatic carbocycles. The highest BCUT2D eigenvalue weighted by molar-refractivity contribution is 9.10. The van der Waals surface area contributed by atoms with Crippen molar-refractivity contribution < 1.29 is 18.0 Å². The van der Waals surface area contributed by atoms with Crippen LogP contribution in [0.5, 0.6) is 0 Å². The number of halogens is 1. The lowest BCUT2D eigenvalue weighted by Gasteiger charge is -2.08. The Morgan fingerprint density at radius 1 is 0.923 bits per heavy atom.